The number of hydrogen-bond donors (Lipinski definition) is 4. The van der Waals surface area contributed by atoms with Crippen molar-refractivity contribution in [3.8, 4) is 28.4 Å². The summed E-state index contributed by atoms with van der Waals surface area (Å²) in [6.45, 7) is 1.17. The maximum atomic E-state index is 13.8. The number of pyridine rings is 2. The zero-order valence-corrected chi connectivity index (χ0v) is 26.5. The number of aromatic nitrogens is 2. The van der Waals surface area contributed by atoms with E-state index in [4.69, 9.17) is 9.47 Å². The minimum atomic E-state index is -0.285. The highest BCUT2D eigenvalue weighted by atomic mass is 16.5. The second-order valence-electron chi connectivity index (χ2n) is 11.9. The molecule has 0 aliphatic heterocycles. The van der Waals surface area contributed by atoms with Crippen LogP contribution in [-0.4, -0.2) is 53.1 Å². The number of anilines is 1. The summed E-state index contributed by atoms with van der Waals surface area (Å²) in [7, 11) is 3.15. The van der Waals surface area contributed by atoms with Crippen molar-refractivity contribution in [2.75, 3.05) is 32.6 Å². The lowest BCUT2D eigenvalue weighted by atomic mass is 9.90. The van der Waals surface area contributed by atoms with E-state index in [0.29, 0.717) is 34.5 Å². The van der Waals surface area contributed by atoms with Crippen molar-refractivity contribution in [3.05, 3.63) is 88.3 Å². The van der Waals surface area contributed by atoms with E-state index in [1.807, 2.05) is 54.6 Å². The molecule has 0 radical (unpaired) electrons. The van der Waals surface area contributed by atoms with Gasteiger partial charge in [-0.05, 0) is 95.2 Å². The van der Waals surface area contributed by atoms with Crippen LogP contribution in [0.15, 0.2) is 71.7 Å². The maximum absolute atomic E-state index is 13.8. The normalized spacial score (nSPS) is 13.7. The first kappa shape index (κ1) is 31.5. The van der Waals surface area contributed by atoms with Gasteiger partial charge in [-0.25, -0.2) is 4.98 Å². The van der Waals surface area contributed by atoms with Crippen LogP contribution in [0.1, 0.15) is 49.7 Å². The highest BCUT2D eigenvalue weighted by Gasteiger charge is 2.19. The molecule has 3 aromatic carbocycles. The van der Waals surface area contributed by atoms with Gasteiger partial charge in [-0.15, -0.1) is 0 Å². The average molecular weight is 623 g/mol. The van der Waals surface area contributed by atoms with Crippen LogP contribution in [0.25, 0.3) is 38.6 Å². The molecule has 4 N–H and O–H groups in total. The molecule has 6 rings (SSSR count). The minimum Gasteiger partial charge on any atom is -0.493 e. The van der Waals surface area contributed by atoms with Gasteiger partial charge in [0.1, 0.15) is 5.82 Å². The topological polar surface area (TPSA) is 118 Å². The molecule has 46 heavy (non-hydrogen) atoms. The average Bonchev–Trinajstić information content (AvgIpc) is 3.10. The highest BCUT2D eigenvalue weighted by Crippen LogP contribution is 2.41. The Morgan fingerprint density at radius 3 is 2.43 bits per heavy atom. The van der Waals surface area contributed by atoms with Gasteiger partial charge in [0.05, 0.1) is 33.0 Å². The van der Waals surface area contributed by atoms with Gasteiger partial charge in [-0.3, -0.25) is 9.36 Å². The fraction of sp³-hybridized carbons (Fsp3) is 0.351. The van der Waals surface area contributed by atoms with Crippen LogP contribution in [0.4, 0.5) is 5.69 Å². The Morgan fingerprint density at radius 1 is 0.891 bits per heavy atom. The zero-order chi connectivity index (χ0) is 32.0. The Kier molecular flexibility index (Phi) is 9.82. The summed E-state index contributed by atoms with van der Waals surface area (Å²) in [5.41, 5.74) is 4.00. The molecule has 0 amide bonds. The monoisotopic (exact) mass is 622 g/mol. The van der Waals surface area contributed by atoms with Gasteiger partial charge in [0.25, 0.3) is 5.56 Å². The van der Waals surface area contributed by atoms with E-state index in [1.165, 1.54) is 32.1 Å². The van der Waals surface area contributed by atoms with Crippen LogP contribution in [0.3, 0.4) is 0 Å². The quantitative estimate of drug-likeness (QED) is 0.127. The van der Waals surface area contributed by atoms with Gasteiger partial charge in [0.2, 0.25) is 0 Å². The minimum absolute atomic E-state index is 0.200. The SMILES string of the molecule is COc1cc2cc(CO)c(CO)c(-c3ccnc(-n4c(=O)cc(NCCCNC5CCCCC5)c5ccccc54)c3)c2cc1OC. The summed E-state index contributed by atoms with van der Waals surface area (Å²) >= 11 is 0. The number of methoxy groups -OCH3 is 2. The molecule has 0 bridgehead atoms. The van der Waals surface area contributed by atoms with Crippen molar-refractivity contribution in [1.82, 2.24) is 14.9 Å². The predicted octanol–water partition coefficient (Wildman–Crippen LogP) is 5.93. The van der Waals surface area contributed by atoms with Crippen LogP contribution in [0, 0.1) is 0 Å². The number of para-hydroxylation sites is 1. The summed E-state index contributed by atoms with van der Waals surface area (Å²) in [5, 5.41) is 30.5. The summed E-state index contributed by atoms with van der Waals surface area (Å²) < 4.78 is 12.7. The molecule has 9 heteroatoms. The van der Waals surface area contributed by atoms with E-state index >= 15 is 0 Å². The number of nitrogens with zero attached hydrogens (tertiary/aromatic N) is 2. The Morgan fingerprint density at radius 2 is 1.67 bits per heavy atom. The lowest BCUT2D eigenvalue weighted by molar-refractivity contribution is 0.260. The van der Waals surface area contributed by atoms with E-state index in [2.05, 4.69) is 15.6 Å². The lowest BCUT2D eigenvalue weighted by Gasteiger charge is -2.23. The summed E-state index contributed by atoms with van der Waals surface area (Å²) in [6.07, 6.45) is 9.12. The van der Waals surface area contributed by atoms with E-state index in [0.717, 1.165) is 58.0 Å². The molecule has 2 heterocycles. The Bertz CT molecular complexity index is 1890. The second kappa shape index (κ2) is 14.3. The molecule has 0 spiro atoms. The van der Waals surface area contributed by atoms with Gasteiger partial charge < -0.3 is 30.3 Å². The van der Waals surface area contributed by atoms with Gasteiger partial charge in [0, 0.05) is 35.9 Å². The first-order valence-corrected chi connectivity index (χ1v) is 16.1. The number of rotatable bonds is 12. The molecule has 1 aliphatic carbocycles. The summed E-state index contributed by atoms with van der Waals surface area (Å²) in [4.78, 5) is 18.4. The molecular weight excluding hydrogens is 580 g/mol. The highest BCUT2D eigenvalue weighted by molar-refractivity contribution is 6.01. The van der Waals surface area contributed by atoms with Gasteiger partial charge in [-0.2, -0.15) is 0 Å². The largest absolute Gasteiger partial charge is 0.493 e. The number of fused-ring (bicyclic) bond motifs is 2. The number of ether oxygens (including phenoxy) is 2. The number of aliphatic hydroxyl groups excluding tert-OH is 2. The molecule has 2 aromatic heterocycles. The third kappa shape index (κ3) is 6.31. The maximum Gasteiger partial charge on any atom is 0.258 e. The Labute approximate surface area is 268 Å². The molecule has 0 unspecified atom stereocenters. The molecule has 1 saturated carbocycles. The van der Waals surface area contributed by atoms with Crippen molar-refractivity contribution < 1.29 is 19.7 Å². The third-order valence-corrected chi connectivity index (χ3v) is 9.07. The van der Waals surface area contributed by atoms with Crippen LogP contribution in [0.2, 0.25) is 0 Å². The van der Waals surface area contributed by atoms with Crippen molar-refractivity contribution in [2.45, 2.75) is 57.8 Å². The number of hydrogen-bond acceptors (Lipinski definition) is 8. The summed E-state index contributed by atoms with van der Waals surface area (Å²) in [5.74, 6) is 1.55. The molecule has 5 aromatic rings. The van der Waals surface area contributed by atoms with Gasteiger partial charge in [0.15, 0.2) is 11.5 Å². The number of aliphatic hydroxyl groups is 2. The van der Waals surface area contributed by atoms with Crippen LogP contribution in [0.5, 0.6) is 11.5 Å². The molecule has 1 aliphatic rings. The van der Waals surface area contributed by atoms with Crippen molar-refractivity contribution in [3.63, 3.8) is 0 Å². The number of nitrogens with one attached hydrogen (secondary N) is 2. The van der Waals surface area contributed by atoms with E-state index in [9.17, 15) is 15.0 Å². The smallest absolute Gasteiger partial charge is 0.258 e. The molecule has 240 valence electrons. The molecule has 9 nitrogen and oxygen atoms in total. The lowest BCUT2D eigenvalue weighted by Crippen LogP contribution is -2.32. The van der Waals surface area contributed by atoms with E-state index < -0.39 is 0 Å². The zero-order valence-electron chi connectivity index (χ0n) is 26.5. The molecule has 0 saturated heterocycles. The Balaban J connectivity index is 1.37. The van der Waals surface area contributed by atoms with E-state index in [-0.39, 0.29) is 18.8 Å². The third-order valence-electron chi connectivity index (χ3n) is 9.07. The predicted molar refractivity (Wildman–Crippen MR) is 183 cm³/mol. The fourth-order valence-corrected chi connectivity index (χ4v) is 6.76. The van der Waals surface area contributed by atoms with E-state index in [1.54, 1.807) is 31.0 Å². The first-order chi connectivity index (χ1) is 22.6. The standard InChI is InChI=1S/C37H42N4O5/c1-45-33-18-25-17-26(22-42)30(23-43)37(29(25)20-34(33)46-2)24-13-16-40-35(19-24)41-32-12-7-6-11-28(32)31(21-36(41)44)39-15-8-14-38-27-9-4-3-5-10-27/h6-7,11-13,16-21,27,38-39,42-43H,3-5,8-10,14-15,22-23H2,1-2H3. The van der Waals surface area contributed by atoms with Crippen LogP contribution in [-0.2, 0) is 13.2 Å². The number of benzene rings is 3. The Hall–Kier alpha value is -4.44. The van der Waals surface area contributed by atoms with Gasteiger partial charge in [-0.1, -0.05) is 37.5 Å². The summed E-state index contributed by atoms with van der Waals surface area (Å²) in [6, 6.07) is 19.4. The fourth-order valence-electron chi connectivity index (χ4n) is 6.76. The first-order valence-electron chi connectivity index (χ1n) is 16.1. The van der Waals surface area contributed by atoms with Crippen LogP contribution >= 0.6 is 0 Å². The van der Waals surface area contributed by atoms with Crippen molar-refractivity contribution in [1.29, 1.82) is 0 Å². The van der Waals surface area contributed by atoms with Crippen molar-refractivity contribution >= 4 is 27.4 Å². The van der Waals surface area contributed by atoms with Crippen molar-refractivity contribution in [2.24, 2.45) is 0 Å². The molecule has 1 fully saturated rings. The van der Waals surface area contributed by atoms with Crippen LogP contribution < -0.4 is 25.7 Å². The van der Waals surface area contributed by atoms with Gasteiger partial charge >= 0.3 is 0 Å². The molecular formula is C37H42N4O5. The second-order valence-corrected chi connectivity index (χ2v) is 11.9. The molecule has 0 atom stereocenters.